The number of rotatable bonds is 7. The fraction of sp³-hybridized carbons (Fsp3) is 0.562. The lowest BCUT2D eigenvalue weighted by molar-refractivity contribution is -0.124. The number of amides is 1. The van der Waals surface area contributed by atoms with Crippen LogP contribution in [-0.2, 0) is 16.0 Å². The molecule has 0 saturated carbocycles. The van der Waals surface area contributed by atoms with Crippen LogP contribution >= 0.6 is 12.4 Å². The number of carbonyl (C=O) groups excluding carboxylic acids is 1. The lowest BCUT2D eigenvalue weighted by Crippen LogP contribution is -2.35. The van der Waals surface area contributed by atoms with Crippen molar-refractivity contribution in [2.45, 2.75) is 44.4 Å². The van der Waals surface area contributed by atoms with Crippen molar-refractivity contribution in [2.75, 3.05) is 13.7 Å². The number of benzene rings is 1. The Hall–Kier alpha value is -1.44. The summed E-state index contributed by atoms with van der Waals surface area (Å²) in [6, 6.07) is 4.75. The molecule has 1 aromatic carbocycles. The van der Waals surface area contributed by atoms with E-state index in [0.717, 1.165) is 30.4 Å². The number of halogens is 3. The molecular formula is C16H23ClF2N2O3. The molecule has 1 amide bonds. The standard InChI is InChI=1S/C16H22F2N2O3.ClH/c1-22-12(9-19)8-15(21)20-14-4-2-3-10-7-11(23-16(17)18)5-6-13(10)14;/h5-7,12,14,16H,2-4,8-9,19H2,1H3,(H,20,21);1H. The molecule has 0 spiro atoms. The molecule has 1 aromatic rings. The van der Waals surface area contributed by atoms with E-state index >= 15 is 0 Å². The highest BCUT2D eigenvalue weighted by Crippen LogP contribution is 2.32. The summed E-state index contributed by atoms with van der Waals surface area (Å²) in [6.07, 6.45) is 2.37. The first kappa shape index (κ1) is 20.6. The van der Waals surface area contributed by atoms with Gasteiger partial charge in [-0.05, 0) is 42.5 Å². The van der Waals surface area contributed by atoms with Gasteiger partial charge in [-0.1, -0.05) is 6.07 Å². The largest absolute Gasteiger partial charge is 0.435 e. The van der Waals surface area contributed by atoms with Crippen LogP contribution in [0.25, 0.3) is 0 Å². The van der Waals surface area contributed by atoms with Crippen LogP contribution in [0.5, 0.6) is 5.75 Å². The van der Waals surface area contributed by atoms with Crippen LogP contribution in [0.4, 0.5) is 8.78 Å². The molecule has 2 rings (SSSR count). The summed E-state index contributed by atoms with van der Waals surface area (Å²) in [6.45, 7) is -2.56. The molecule has 0 bridgehead atoms. The molecule has 24 heavy (non-hydrogen) atoms. The average Bonchev–Trinajstić information content (AvgIpc) is 2.52. The predicted molar refractivity (Wildman–Crippen MR) is 88.6 cm³/mol. The van der Waals surface area contributed by atoms with Crippen molar-refractivity contribution < 1.29 is 23.0 Å². The van der Waals surface area contributed by atoms with Gasteiger partial charge in [-0.25, -0.2) is 0 Å². The molecule has 2 unspecified atom stereocenters. The maximum absolute atomic E-state index is 12.3. The summed E-state index contributed by atoms with van der Waals surface area (Å²) in [4.78, 5) is 12.1. The zero-order valence-corrected chi connectivity index (χ0v) is 14.3. The minimum Gasteiger partial charge on any atom is -0.435 e. The third-order valence-electron chi connectivity index (χ3n) is 4.00. The number of hydrogen-bond donors (Lipinski definition) is 2. The van der Waals surface area contributed by atoms with Gasteiger partial charge in [-0.2, -0.15) is 8.78 Å². The summed E-state index contributed by atoms with van der Waals surface area (Å²) in [5, 5.41) is 2.97. The SMILES string of the molecule is COC(CN)CC(=O)NC1CCCc2cc(OC(F)F)ccc21.Cl. The van der Waals surface area contributed by atoms with Crippen molar-refractivity contribution in [3.05, 3.63) is 29.3 Å². The van der Waals surface area contributed by atoms with E-state index in [-0.39, 0.29) is 49.2 Å². The lowest BCUT2D eigenvalue weighted by atomic mass is 9.87. The number of fused-ring (bicyclic) bond motifs is 1. The first-order chi connectivity index (χ1) is 11.0. The van der Waals surface area contributed by atoms with Crippen molar-refractivity contribution in [1.29, 1.82) is 0 Å². The van der Waals surface area contributed by atoms with Gasteiger partial charge in [0, 0.05) is 13.7 Å². The van der Waals surface area contributed by atoms with Crippen LogP contribution in [0.15, 0.2) is 18.2 Å². The molecule has 0 aliphatic heterocycles. The number of ether oxygens (including phenoxy) is 2. The van der Waals surface area contributed by atoms with Crippen molar-refractivity contribution in [1.82, 2.24) is 5.32 Å². The van der Waals surface area contributed by atoms with Gasteiger partial charge in [-0.3, -0.25) is 4.79 Å². The molecule has 0 heterocycles. The van der Waals surface area contributed by atoms with E-state index in [1.165, 1.54) is 13.2 Å². The molecule has 1 aliphatic carbocycles. The molecule has 8 heteroatoms. The van der Waals surface area contributed by atoms with Gasteiger partial charge in [-0.15, -0.1) is 12.4 Å². The zero-order chi connectivity index (χ0) is 16.8. The predicted octanol–water partition coefficient (Wildman–Crippen LogP) is 2.57. The van der Waals surface area contributed by atoms with Crippen molar-refractivity contribution in [2.24, 2.45) is 5.73 Å². The van der Waals surface area contributed by atoms with Crippen LogP contribution in [0, 0.1) is 0 Å². The quantitative estimate of drug-likeness (QED) is 0.780. The summed E-state index contributed by atoms with van der Waals surface area (Å²) in [5.41, 5.74) is 7.40. The molecule has 0 radical (unpaired) electrons. The van der Waals surface area contributed by atoms with E-state index in [2.05, 4.69) is 10.1 Å². The first-order valence-electron chi connectivity index (χ1n) is 7.63. The average molecular weight is 365 g/mol. The second kappa shape index (κ2) is 9.76. The van der Waals surface area contributed by atoms with E-state index in [4.69, 9.17) is 10.5 Å². The van der Waals surface area contributed by atoms with Gasteiger partial charge in [0.1, 0.15) is 5.75 Å². The summed E-state index contributed by atoms with van der Waals surface area (Å²) >= 11 is 0. The van der Waals surface area contributed by atoms with Crippen LogP contribution in [0.2, 0.25) is 0 Å². The highest BCUT2D eigenvalue weighted by Gasteiger charge is 2.23. The van der Waals surface area contributed by atoms with Gasteiger partial charge in [0.25, 0.3) is 0 Å². The highest BCUT2D eigenvalue weighted by atomic mass is 35.5. The van der Waals surface area contributed by atoms with Crippen molar-refractivity contribution in [3.8, 4) is 5.75 Å². The molecule has 0 aromatic heterocycles. The number of hydrogen-bond acceptors (Lipinski definition) is 4. The fourth-order valence-electron chi connectivity index (χ4n) is 2.84. The molecule has 136 valence electrons. The van der Waals surface area contributed by atoms with Crippen LogP contribution in [0.1, 0.15) is 36.4 Å². The van der Waals surface area contributed by atoms with E-state index < -0.39 is 6.61 Å². The molecule has 0 fully saturated rings. The number of aryl methyl sites for hydroxylation is 1. The first-order valence-corrected chi connectivity index (χ1v) is 7.63. The van der Waals surface area contributed by atoms with E-state index in [1.54, 1.807) is 12.1 Å². The monoisotopic (exact) mass is 364 g/mol. The number of alkyl halides is 2. The summed E-state index contributed by atoms with van der Waals surface area (Å²) in [7, 11) is 1.52. The number of carbonyl (C=O) groups is 1. The van der Waals surface area contributed by atoms with Crippen LogP contribution in [0.3, 0.4) is 0 Å². The van der Waals surface area contributed by atoms with Gasteiger partial charge in [0.05, 0.1) is 18.6 Å². The summed E-state index contributed by atoms with van der Waals surface area (Å²) < 4.78 is 34.1. The van der Waals surface area contributed by atoms with Crippen LogP contribution in [-0.4, -0.2) is 32.3 Å². The maximum Gasteiger partial charge on any atom is 0.387 e. The van der Waals surface area contributed by atoms with Gasteiger partial charge >= 0.3 is 6.61 Å². The van der Waals surface area contributed by atoms with Crippen LogP contribution < -0.4 is 15.8 Å². The Morgan fingerprint density at radius 3 is 2.83 bits per heavy atom. The Balaban J connectivity index is 0.00000288. The van der Waals surface area contributed by atoms with Crippen molar-refractivity contribution in [3.63, 3.8) is 0 Å². The topological polar surface area (TPSA) is 73.6 Å². The van der Waals surface area contributed by atoms with E-state index in [0.29, 0.717) is 0 Å². The summed E-state index contributed by atoms with van der Waals surface area (Å²) in [5.74, 6) is 0.0152. The molecule has 5 nitrogen and oxygen atoms in total. The van der Waals surface area contributed by atoms with Gasteiger partial charge in [0.2, 0.25) is 5.91 Å². The molecular weight excluding hydrogens is 342 g/mol. The zero-order valence-electron chi connectivity index (χ0n) is 13.5. The molecule has 0 saturated heterocycles. The number of nitrogens with two attached hydrogens (primary N) is 1. The second-order valence-corrected chi connectivity index (χ2v) is 5.55. The minimum atomic E-state index is -2.84. The Labute approximate surface area is 146 Å². The fourth-order valence-corrected chi connectivity index (χ4v) is 2.84. The Morgan fingerprint density at radius 1 is 1.46 bits per heavy atom. The third-order valence-corrected chi connectivity index (χ3v) is 4.00. The smallest absolute Gasteiger partial charge is 0.387 e. The van der Waals surface area contributed by atoms with Gasteiger partial charge < -0.3 is 20.5 Å². The number of methoxy groups -OCH3 is 1. The normalized spacial score (nSPS) is 17.6. The molecule has 2 atom stereocenters. The highest BCUT2D eigenvalue weighted by molar-refractivity contribution is 5.85. The second-order valence-electron chi connectivity index (χ2n) is 5.55. The molecule has 1 aliphatic rings. The van der Waals surface area contributed by atoms with E-state index in [1.807, 2.05) is 0 Å². The third kappa shape index (κ3) is 5.58. The Bertz CT molecular complexity index is 542. The van der Waals surface area contributed by atoms with Gasteiger partial charge in [0.15, 0.2) is 0 Å². The maximum atomic E-state index is 12.3. The minimum absolute atomic E-state index is 0. The van der Waals surface area contributed by atoms with E-state index in [9.17, 15) is 13.6 Å². The Kier molecular flexibility index (Phi) is 8.38. The lowest BCUT2D eigenvalue weighted by Gasteiger charge is -2.27. The number of nitrogens with one attached hydrogen (secondary N) is 1. The Morgan fingerprint density at radius 2 is 2.21 bits per heavy atom. The molecule has 3 N–H and O–H groups in total. The van der Waals surface area contributed by atoms with Crippen molar-refractivity contribution >= 4 is 18.3 Å².